The van der Waals surface area contributed by atoms with Gasteiger partial charge in [0.15, 0.2) is 0 Å². The fourth-order valence-electron chi connectivity index (χ4n) is 1.54. The van der Waals surface area contributed by atoms with Gasteiger partial charge in [-0.05, 0) is 5.56 Å². The molecule has 1 rings (SSSR count). The highest BCUT2D eigenvalue weighted by Crippen LogP contribution is 2.21. The molecule has 1 atom stereocenters. The fourth-order valence-corrected chi connectivity index (χ4v) is 1.68. The first kappa shape index (κ1) is 14.0. The number of amides is 1. The van der Waals surface area contributed by atoms with Crippen molar-refractivity contribution in [2.75, 3.05) is 12.4 Å². The van der Waals surface area contributed by atoms with Crippen LogP contribution in [0.5, 0.6) is 0 Å². The summed E-state index contributed by atoms with van der Waals surface area (Å²) in [6.07, 6.45) is 0. The zero-order chi connectivity index (χ0) is 12.9. The third-order valence-corrected chi connectivity index (χ3v) is 3.40. The van der Waals surface area contributed by atoms with E-state index in [0.717, 1.165) is 0 Å². The van der Waals surface area contributed by atoms with Gasteiger partial charge in [0.1, 0.15) is 0 Å². The van der Waals surface area contributed by atoms with E-state index < -0.39 is 0 Å². The van der Waals surface area contributed by atoms with Crippen LogP contribution in [0.3, 0.4) is 0 Å². The molecule has 0 aliphatic carbocycles. The molecule has 0 spiro atoms. The van der Waals surface area contributed by atoms with E-state index in [2.05, 4.69) is 31.3 Å². The maximum Gasteiger partial charge on any atom is 0.224 e. The van der Waals surface area contributed by atoms with E-state index in [1.54, 1.807) is 0 Å². The standard InChI is InChI=1S/C14H20ClNO/c1-11(9-15)13(17)16-10-14(2,3)12-7-5-4-6-8-12/h4-8,11H,9-10H2,1-3H3,(H,16,17). The van der Waals surface area contributed by atoms with Crippen molar-refractivity contribution in [2.45, 2.75) is 26.2 Å². The van der Waals surface area contributed by atoms with Gasteiger partial charge in [0.2, 0.25) is 5.91 Å². The summed E-state index contributed by atoms with van der Waals surface area (Å²) in [5.41, 5.74) is 1.15. The van der Waals surface area contributed by atoms with Crippen LogP contribution in [-0.2, 0) is 10.2 Å². The lowest BCUT2D eigenvalue weighted by atomic mass is 9.84. The van der Waals surface area contributed by atoms with Gasteiger partial charge in [0, 0.05) is 23.8 Å². The van der Waals surface area contributed by atoms with Crippen molar-refractivity contribution in [1.82, 2.24) is 5.32 Å². The normalized spacial score (nSPS) is 13.2. The Labute approximate surface area is 108 Å². The van der Waals surface area contributed by atoms with Gasteiger partial charge in [-0.2, -0.15) is 0 Å². The number of carbonyl (C=O) groups is 1. The van der Waals surface area contributed by atoms with Crippen LogP contribution in [0.15, 0.2) is 30.3 Å². The molecule has 3 heteroatoms. The molecule has 0 aromatic heterocycles. The SMILES string of the molecule is CC(CCl)C(=O)NCC(C)(C)c1ccccc1. The molecule has 94 valence electrons. The first-order valence-corrected chi connectivity index (χ1v) is 6.40. The maximum atomic E-state index is 11.7. The second-order valence-corrected chi connectivity index (χ2v) is 5.33. The Morgan fingerprint density at radius 2 is 1.94 bits per heavy atom. The Hall–Kier alpha value is -1.02. The van der Waals surface area contributed by atoms with Crippen molar-refractivity contribution < 1.29 is 4.79 Å². The molecule has 0 radical (unpaired) electrons. The van der Waals surface area contributed by atoms with E-state index in [1.165, 1.54) is 5.56 Å². The predicted octanol–water partition coefficient (Wildman–Crippen LogP) is 2.96. The van der Waals surface area contributed by atoms with Crippen LogP contribution >= 0.6 is 11.6 Å². The predicted molar refractivity (Wildman–Crippen MR) is 72.4 cm³/mol. The van der Waals surface area contributed by atoms with Gasteiger partial charge in [0.25, 0.3) is 0 Å². The van der Waals surface area contributed by atoms with E-state index >= 15 is 0 Å². The van der Waals surface area contributed by atoms with E-state index in [4.69, 9.17) is 11.6 Å². The molecule has 1 aromatic rings. The molecular weight excluding hydrogens is 234 g/mol. The molecule has 1 amide bonds. The van der Waals surface area contributed by atoms with Gasteiger partial charge < -0.3 is 5.32 Å². The lowest BCUT2D eigenvalue weighted by molar-refractivity contribution is -0.124. The third kappa shape index (κ3) is 4.04. The molecule has 1 aromatic carbocycles. The Balaban J connectivity index is 2.59. The average Bonchev–Trinajstić information content (AvgIpc) is 2.36. The number of benzene rings is 1. The van der Waals surface area contributed by atoms with Crippen molar-refractivity contribution in [3.63, 3.8) is 0 Å². The summed E-state index contributed by atoms with van der Waals surface area (Å²) in [7, 11) is 0. The third-order valence-electron chi connectivity index (χ3n) is 2.94. The molecular formula is C14H20ClNO. The fraction of sp³-hybridized carbons (Fsp3) is 0.500. The van der Waals surface area contributed by atoms with Crippen LogP contribution in [-0.4, -0.2) is 18.3 Å². The van der Waals surface area contributed by atoms with Gasteiger partial charge in [-0.1, -0.05) is 51.1 Å². The Morgan fingerprint density at radius 3 is 2.47 bits per heavy atom. The molecule has 0 aliphatic heterocycles. The van der Waals surface area contributed by atoms with Crippen LogP contribution in [0.1, 0.15) is 26.3 Å². The lowest BCUT2D eigenvalue weighted by Gasteiger charge is -2.26. The number of halogens is 1. The summed E-state index contributed by atoms with van der Waals surface area (Å²) in [4.78, 5) is 11.7. The molecule has 0 aliphatic rings. The van der Waals surface area contributed by atoms with Crippen molar-refractivity contribution in [1.29, 1.82) is 0 Å². The summed E-state index contributed by atoms with van der Waals surface area (Å²) < 4.78 is 0. The molecule has 0 fully saturated rings. The van der Waals surface area contributed by atoms with Crippen LogP contribution in [0.4, 0.5) is 0 Å². The largest absolute Gasteiger partial charge is 0.355 e. The van der Waals surface area contributed by atoms with Crippen LogP contribution in [0.25, 0.3) is 0 Å². The molecule has 0 saturated carbocycles. The second-order valence-electron chi connectivity index (χ2n) is 5.02. The van der Waals surface area contributed by atoms with Crippen molar-refractivity contribution in [3.8, 4) is 0 Å². The molecule has 0 bridgehead atoms. The van der Waals surface area contributed by atoms with Crippen molar-refractivity contribution >= 4 is 17.5 Å². The minimum absolute atomic E-state index is 0.0176. The molecule has 0 heterocycles. The number of rotatable bonds is 5. The maximum absolute atomic E-state index is 11.7. The summed E-state index contributed by atoms with van der Waals surface area (Å²) >= 11 is 5.65. The minimum Gasteiger partial charge on any atom is -0.355 e. The number of carbonyl (C=O) groups excluding carboxylic acids is 1. The van der Waals surface area contributed by atoms with Crippen LogP contribution in [0.2, 0.25) is 0 Å². The quantitative estimate of drug-likeness (QED) is 0.804. The molecule has 1 unspecified atom stereocenters. The number of nitrogens with one attached hydrogen (secondary N) is 1. The summed E-state index contributed by atoms with van der Waals surface area (Å²) in [6.45, 7) is 6.69. The van der Waals surface area contributed by atoms with Gasteiger partial charge in [-0.25, -0.2) is 0 Å². The van der Waals surface area contributed by atoms with Gasteiger partial charge >= 0.3 is 0 Å². The van der Waals surface area contributed by atoms with E-state index in [1.807, 2.05) is 25.1 Å². The minimum atomic E-state index is -0.136. The summed E-state index contributed by atoms with van der Waals surface area (Å²) in [6, 6.07) is 10.2. The van der Waals surface area contributed by atoms with Crippen molar-refractivity contribution in [2.24, 2.45) is 5.92 Å². The van der Waals surface area contributed by atoms with Gasteiger partial charge in [0.05, 0.1) is 0 Å². The number of alkyl halides is 1. The highest BCUT2D eigenvalue weighted by Gasteiger charge is 2.22. The van der Waals surface area contributed by atoms with E-state index in [0.29, 0.717) is 12.4 Å². The number of hydrogen-bond donors (Lipinski definition) is 1. The molecule has 0 saturated heterocycles. The van der Waals surface area contributed by atoms with Crippen LogP contribution in [0, 0.1) is 5.92 Å². The average molecular weight is 254 g/mol. The molecule has 2 nitrogen and oxygen atoms in total. The van der Waals surface area contributed by atoms with E-state index in [-0.39, 0.29) is 17.2 Å². The number of hydrogen-bond acceptors (Lipinski definition) is 1. The zero-order valence-corrected chi connectivity index (χ0v) is 11.4. The van der Waals surface area contributed by atoms with Crippen LogP contribution < -0.4 is 5.32 Å². The molecule has 17 heavy (non-hydrogen) atoms. The molecule has 1 N–H and O–H groups in total. The first-order valence-electron chi connectivity index (χ1n) is 5.86. The Bertz CT molecular complexity index is 362. The topological polar surface area (TPSA) is 29.1 Å². The summed E-state index contributed by atoms with van der Waals surface area (Å²) in [5.74, 6) is 0.240. The summed E-state index contributed by atoms with van der Waals surface area (Å²) in [5, 5.41) is 2.95. The highest BCUT2D eigenvalue weighted by atomic mass is 35.5. The smallest absolute Gasteiger partial charge is 0.224 e. The lowest BCUT2D eigenvalue weighted by Crippen LogP contribution is -2.39. The van der Waals surface area contributed by atoms with Gasteiger partial charge in [-0.15, -0.1) is 11.6 Å². The Morgan fingerprint density at radius 1 is 1.35 bits per heavy atom. The van der Waals surface area contributed by atoms with Gasteiger partial charge in [-0.3, -0.25) is 4.79 Å². The highest BCUT2D eigenvalue weighted by molar-refractivity contribution is 6.19. The Kier molecular flexibility index (Phi) is 5.01. The first-order chi connectivity index (χ1) is 7.97. The van der Waals surface area contributed by atoms with Crippen molar-refractivity contribution in [3.05, 3.63) is 35.9 Å². The second kappa shape index (κ2) is 6.06. The monoisotopic (exact) mass is 253 g/mol. The van der Waals surface area contributed by atoms with E-state index in [9.17, 15) is 4.79 Å². The zero-order valence-electron chi connectivity index (χ0n) is 10.7.